The van der Waals surface area contributed by atoms with Gasteiger partial charge in [-0.15, -0.1) is 11.8 Å². The number of amides is 4. The van der Waals surface area contributed by atoms with E-state index in [0.29, 0.717) is 27.4 Å². The Labute approximate surface area is 264 Å². The molecule has 12 heteroatoms. The van der Waals surface area contributed by atoms with Crippen LogP contribution in [0.3, 0.4) is 0 Å². The predicted octanol–water partition coefficient (Wildman–Crippen LogP) is 6.19. The molecule has 1 aliphatic heterocycles. The third kappa shape index (κ3) is 7.28. The zero-order valence-corrected chi connectivity index (χ0v) is 25.2. The number of anilines is 2. The van der Waals surface area contributed by atoms with Crippen LogP contribution in [0.5, 0.6) is 0 Å². The molecule has 1 heterocycles. The van der Waals surface area contributed by atoms with Gasteiger partial charge in [0.15, 0.2) is 0 Å². The summed E-state index contributed by atoms with van der Waals surface area (Å²) in [6, 6.07) is 27.6. The Bertz CT molecular complexity index is 1780. The highest BCUT2D eigenvalue weighted by Gasteiger charge is 2.40. The highest BCUT2D eigenvalue weighted by molar-refractivity contribution is 9.10. The van der Waals surface area contributed by atoms with E-state index in [4.69, 9.17) is 0 Å². The van der Waals surface area contributed by atoms with E-state index in [2.05, 4.69) is 26.6 Å². The molecule has 0 aromatic heterocycles. The maximum Gasteiger partial charge on any atom is 0.272 e. The molecule has 220 valence electrons. The maximum atomic E-state index is 13.4. The summed E-state index contributed by atoms with van der Waals surface area (Å²) in [5.41, 5.74) is 1.48. The van der Waals surface area contributed by atoms with E-state index < -0.39 is 22.0 Å². The van der Waals surface area contributed by atoms with Crippen molar-refractivity contribution in [2.75, 3.05) is 10.2 Å². The van der Waals surface area contributed by atoms with Gasteiger partial charge in [0.05, 0.1) is 15.9 Å². The second kappa shape index (κ2) is 13.5. The van der Waals surface area contributed by atoms with E-state index in [1.165, 1.54) is 47.0 Å². The van der Waals surface area contributed by atoms with E-state index in [-0.39, 0.29) is 29.6 Å². The second-order valence-electron chi connectivity index (χ2n) is 9.56. The number of nitrogens with one attached hydrogen (secondary N) is 2. The predicted molar refractivity (Wildman–Crippen MR) is 171 cm³/mol. The number of thioether (sulfide) groups is 1. The fourth-order valence-corrected chi connectivity index (χ4v) is 5.75. The molecule has 1 saturated heterocycles. The minimum atomic E-state index is -0.639. The fraction of sp³-hybridized carbons (Fsp3) is 0.0625. The minimum absolute atomic E-state index is 0.0315. The standard InChI is InChI=1S/C32H23BrN4O6S/c33-22-11-15-24(16-12-22)36-29(38)19-28(32(36)41)44-26-8-4-7-23(18-26)34-31(40)27(35-30(39)21-5-2-1-3-6-21)17-20-9-13-25(14-10-20)37(42)43/h1-18,28H,19H2,(H,34,40)(H,35,39)/b27-17-/t28-/m0/s1. The van der Waals surface area contributed by atoms with Crippen molar-refractivity contribution in [3.05, 3.63) is 135 Å². The molecule has 0 aliphatic carbocycles. The van der Waals surface area contributed by atoms with Crippen molar-refractivity contribution in [3.63, 3.8) is 0 Å². The Kier molecular flexibility index (Phi) is 9.32. The van der Waals surface area contributed by atoms with Gasteiger partial charge in [0.25, 0.3) is 17.5 Å². The molecule has 4 amide bonds. The van der Waals surface area contributed by atoms with Crippen LogP contribution >= 0.6 is 27.7 Å². The average molecular weight is 672 g/mol. The van der Waals surface area contributed by atoms with Crippen molar-refractivity contribution in [2.45, 2.75) is 16.6 Å². The van der Waals surface area contributed by atoms with Gasteiger partial charge in [-0.2, -0.15) is 0 Å². The molecular weight excluding hydrogens is 648 g/mol. The number of nitro benzene ring substituents is 1. The lowest BCUT2D eigenvalue weighted by Crippen LogP contribution is -2.31. The van der Waals surface area contributed by atoms with Gasteiger partial charge in [-0.05, 0) is 78.4 Å². The van der Waals surface area contributed by atoms with Crippen LogP contribution in [0, 0.1) is 10.1 Å². The summed E-state index contributed by atoms with van der Waals surface area (Å²) in [6.45, 7) is 0. The summed E-state index contributed by atoms with van der Waals surface area (Å²) in [4.78, 5) is 64.5. The van der Waals surface area contributed by atoms with Gasteiger partial charge in [-0.3, -0.25) is 29.3 Å². The van der Waals surface area contributed by atoms with Gasteiger partial charge >= 0.3 is 0 Å². The maximum absolute atomic E-state index is 13.4. The summed E-state index contributed by atoms with van der Waals surface area (Å²) in [5.74, 6) is -1.77. The smallest absolute Gasteiger partial charge is 0.272 e. The van der Waals surface area contributed by atoms with Crippen LogP contribution in [0.25, 0.3) is 6.08 Å². The third-order valence-corrected chi connectivity index (χ3v) is 8.21. The van der Waals surface area contributed by atoms with Crippen LogP contribution in [0.1, 0.15) is 22.3 Å². The SMILES string of the molecule is O=C(Nc1cccc(S[C@H]2CC(=O)N(c3ccc(Br)cc3)C2=O)c1)/C(=C/c1ccc([N+](=O)[O-])cc1)NC(=O)c1ccccc1. The highest BCUT2D eigenvalue weighted by atomic mass is 79.9. The van der Waals surface area contributed by atoms with E-state index in [1.807, 2.05) is 0 Å². The molecule has 4 aromatic carbocycles. The van der Waals surface area contributed by atoms with E-state index in [9.17, 15) is 29.3 Å². The zero-order chi connectivity index (χ0) is 31.2. The Balaban J connectivity index is 1.33. The molecule has 4 aromatic rings. The highest BCUT2D eigenvalue weighted by Crippen LogP contribution is 2.35. The van der Waals surface area contributed by atoms with Crippen molar-refractivity contribution in [1.82, 2.24) is 5.32 Å². The number of halogens is 1. The number of carbonyl (C=O) groups excluding carboxylic acids is 4. The van der Waals surface area contributed by atoms with Gasteiger partial charge in [-0.1, -0.05) is 40.2 Å². The number of benzene rings is 4. The molecule has 0 bridgehead atoms. The molecule has 1 aliphatic rings. The van der Waals surface area contributed by atoms with E-state index in [1.54, 1.807) is 78.9 Å². The van der Waals surface area contributed by atoms with Crippen molar-refractivity contribution in [3.8, 4) is 0 Å². The Morgan fingerprint density at radius 1 is 0.932 bits per heavy atom. The summed E-state index contributed by atoms with van der Waals surface area (Å²) in [5, 5.41) is 15.8. The third-order valence-electron chi connectivity index (χ3n) is 6.50. The lowest BCUT2D eigenvalue weighted by atomic mass is 10.1. The lowest BCUT2D eigenvalue weighted by Gasteiger charge is -2.15. The van der Waals surface area contributed by atoms with Crippen LogP contribution in [0.2, 0.25) is 0 Å². The number of non-ortho nitro benzene ring substituents is 1. The van der Waals surface area contributed by atoms with Crippen molar-refractivity contribution in [2.24, 2.45) is 0 Å². The first-order chi connectivity index (χ1) is 21.2. The Morgan fingerprint density at radius 2 is 1.64 bits per heavy atom. The second-order valence-corrected chi connectivity index (χ2v) is 11.8. The average Bonchev–Trinajstić information content (AvgIpc) is 3.29. The zero-order valence-electron chi connectivity index (χ0n) is 22.8. The minimum Gasteiger partial charge on any atom is -0.321 e. The summed E-state index contributed by atoms with van der Waals surface area (Å²) < 4.78 is 0.829. The van der Waals surface area contributed by atoms with Crippen LogP contribution in [0.15, 0.2) is 118 Å². The monoisotopic (exact) mass is 670 g/mol. The molecule has 1 fully saturated rings. The molecule has 0 saturated carbocycles. The summed E-state index contributed by atoms with van der Waals surface area (Å²) in [7, 11) is 0. The number of hydrogen-bond acceptors (Lipinski definition) is 7. The van der Waals surface area contributed by atoms with Gasteiger partial charge in [-0.25, -0.2) is 4.90 Å². The van der Waals surface area contributed by atoms with Crippen LogP contribution in [0.4, 0.5) is 17.1 Å². The number of rotatable bonds is 9. The molecule has 0 spiro atoms. The van der Waals surface area contributed by atoms with Gasteiger partial charge < -0.3 is 10.6 Å². The van der Waals surface area contributed by atoms with Crippen LogP contribution in [-0.2, 0) is 14.4 Å². The van der Waals surface area contributed by atoms with Crippen molar-refractivity contribution in [1.29, 1.82) is 0 Å². The number of carbonyl (C=O) groups is 4. The summed E-state index contributed by atoms with van der Waals surface area (Å²) >= 11 is 4.57. The quantitative estimate of drug-likeness (QED) is 0.0937. The molecule has 5 rings (SSSR count). The first-order valence-corrected chi connectivity index (χ1v) is 14.9. The summed E-state index contributed by atoms with van der Waals surface area (Å²) in [6.07, 6.45) is 1.45. The Morgan fingerprint density at radius 3 is 2.32 bits per heavy atom. The molecule has 10 nitrogen and oxygen atoms in total. The number of nitro groups is 1. The normalized spacial score (nSPS) is 14.8. The topological polar surface area (TPSA) is 139 Å². The Hall–Kier alpha value is -5.07. The molecule has 0 unspecified atom stereocenters. The van der Waals surface area contributed by atoms with Crippen LogP contribution in [-0.4, -0.2) is 33.8 Å². The molecular formula is C32H23BrN4O6S. The van der Waals surface area contributed by atoms with Crippen molar-refractivity contribution >= 4 is 74.5 Å². The van der Waals surface area contributed by atoms with Crippen molar-refractivity contribution < 1.29 is 24.1 Å². The molecule has 0 radical (unpaired) electrons. The van der Waals surface area contributed by atoms with Gasteiger partial charge in [0.2, 0.25) is 11.8 Å². The number of hydrogen-bond donors (Lipinski definition) is 2. The number of nitrogens with zero attached hydrogens (tertiary/aromatic N) is 2. The van der Waals surface area contributed by atoms with E-state index in [0.717, 1.165) is 4.47 Å². The molecule has 2 N–H and O–H groups in total. The number of imide groups is 1. The molecule has 1 atom stereocenters. The largest absolute Gasteiger partial charge is 0.321 e. The first kappa shape index (κ1) is 30.4. The fourth-order valence-electron chi connectivity index (χ4n) is 4.37. The van der Waals surface area contributed by atoms with Gasteiger partial charge in [0.1, 0.15) is 5.70 Å². The first-order valence-electron chi connectivity index (χ1n) is 13.2. The van der Waals surface area contributed by atoms with Crippen LogP contribution < -0.4 is 15.5 Å². The molecule has 44 heavy (non-hydrogen) atoms. The van der Waals surface area contributed by atoms with Gasteiger partial charge in [0, 0.05) is 39.2 Å². The lowest BCUT2D eigenvalue weighted by molar-refractivity contribution is -0.384. The van der Waals surface area contributed by atoms with E-state index >= 15 is 0 Å².